The number of Topliss-reactive ketones (excluding diaryl/α,β-unsaturated/α-hetero) is 1. The van der Waals surface area contributed by atoms with Gasteiger partial charge in [0.05, 0.1) is 16.4 Å². The molecule has 1 aromatic heterocycles. The van der Waals surface area contributed by atoms with Crippen LogP contribution in [-0.4, -0.2) is 20.2 Å². The molecule has 1 heterocycles. The van der Waals surface area contributed by atoms with E-state index < -0.39 is 16.0 Å². The van der Waals surface area contributed by atoms with E-state index in [1.165, 1.54) is 37.3 Å². The summed E-state index contributed by atoms with van der Waals surface area (Å²) in [6.07, 6.45) is 0. The van der Waals surface area contributed by atoms with E-state index >= 15 is 0 Å². The summed E-state index contributed by atoms with van der Waals surface area (Å²) in [6, 6.07) is 9.40. The summed E-state index contributed by atoms with van der Waals surface area (Å²) in [5, 5.41) is 11.4. The Morgan fingerprint density at radius 3 is 2.50 bits per heavy atom. The molecule has 3 aromatic rings. The molecule has 1 N–H and O–H groups in total. The maximum atomic E-state index is 12.5. The van der Waals surface area contributed by atoms with Crippen LogP contribution >= 0.6 is 0 Å². The Bertz CT molecular complexity index is 1140. The second-order valence-electron chi connectivity index (χ2n) is 5.72. The van der Waals surface area contributed by atoms with Crippen LogP contribution in [0.15, 0.2) is 51.8 Å². The SMILES string of the molecule is CC(=O)c1c(C)oc2ccc(NS(=O)(=O)c3cccc(C(=O)[O-])c3)cc12. The van der Waals surface area contributed by atoms with Crippen LogP contribution in [0.3, 0.4) is 0 Å². The molecule has 0 bridgehead atoms. The number of hydrogen-bond donors (Lipinski definition) is 1. The molecule has 0 radical (unpaired) electrons. The molecule has 3 rings (SSSR count). The molecule has 2 aromatic carbocycles. The number of carboxylic acids is 1. The van der Waals surface area contributed by atoms with Crippen LogP contribution < -0.4 is 9.83 Å². The average molecular weight is 372 g/mol. The zero-order valence-electron chi connectivity index (χ0n) is 13.9. The summed E-state index contributed by atoms with van der Waals surface area (Å²) >= 11 is 0. The number of aryl methyl sites for hydroxylation is 1. The minimum Gasteiger partial charge on any atom is -0.545 e. The minimum atomic E-state index is -4.02. The van der Waals surface area contributed by atoms with Gasteiger partial charge in [-0.05, 0) is 49.7 Å². The number of nitrogens with one attached hydrogen (secondary N) is 1. The summed E-state index contributed by atoms with van der Waals surface area (Å²) < 4.78 is 32.9. The molecule has 0 fully saturated rings. The van der Waals surface area contributed by atoms with E-state index in [1.807, 2.05) is 0 Å². The van der Waals surface area contributed by atoms with Gasteiger partial charge in [-0.25, -0.2) is 8.42 Å². The molecule has 7 nitrogen and oxygen atoms in total. The Morgan fingerprint density at radius 1 is 1.12 bits per heavy atom. The van der Waals surface area contributed by atoms with Crippen molar-refractivity contribution >= 4 is 38.4 Å². The van der Waals surface area contributed by atoms with Crippen LogP contribution in [0.25, 0.3) is 11.0 Å². The molecule has 0 atom stereocenters. The van der Waals surface area contributed by atoms with E-state index in [0.717, 1.165) is 6.07 Å². The van der Waals surface area contributed by atoms with Crippen molar-refractivity contribution in [2.24, 2.45) is 0 Å². The number of carbonyl (C=O) groups is 2. The summed E-state index contributed by atoms with van der Waals surface area (Å²) in [4.78, 5) is 22.5. The summed E-state index contributed by atoms with van der Waals surface area (Å²) in [5.41, 5.74) is 0.835. The highest BCUT2D eigenvalue weighted by atomic mass is 32.2. The van der Waals surface area contributed by atoms with Gasteiger partial charge < -0.3 is 14.3 Å². The van der Waals surface area contributed by atoms with Crippen molar-refractivity contribution < 1.29 is 27.5 Å². The van der Waals surface area contributed by atoms with Crippen LogP contribution in [0.5, 0.6) is 0 Å². The Kier molecular flexibility index (Phi) is 4.29. The van der Waals surface area contributed by atoms with Crippen molar-refractivity contribution in [1.29, 1.82) is 0 Å². The van der Waals surface area contributed by atoms with E-state index in [9.17, 15) is 23.1 Å². The first kappa shape index (κ1) is 17.7. The van der Waals surface area contributed by atoms with Gasteiger partial charge in [0.15, 0.2) is 5.78 Å². The fourth-order valence-corrected chi connectivity index (χ4v) is 3.82. The molecular formula is C18H14NO6S-. The van der Waals surface area contributed by atoms with Gasteiger partial charge in [0.25, 0.3) is 10.0 Å². The molecule has 0 saturated carbocycles. The van der Waals surface area contributed by atoms with Crippen LogP contribution in [0.4, 0.5) is 5.69 Å². The number of benzene rings is 2. The first-order valence-corrected chi connectivity index (χ1v) is 9.05. The lowest BCUT2D eigenvalue weighted by Crippen LogP contribution is -2.23. The number of sulfonamides is 1. The fourth-order valence-electron chi connectivity index (χ4n) is 2.73. The number of rotatable bonds is 5. The predicted molar refractivity (Wildman–Crippen MR) is 92.5 cm³/mol. The molecule has 0 saturated heterocycles. The monoisotopic (exact) mass is 372 g/mol. The van der Waals surface area contributed by atoms with Gasteiger partial charge in [0, 0.05) is 11.1 Å². The molecule has 0 spiro atoms. The molecule has 0 aliphatic heterocycles. The normalized spacial score (nSPS) is 11.5. The number of aromatic carboxylic acids is 1. The maximum absolute atomic E-state index is 12.5. The van der Waals surface area contributed by atoms with Gasteiger partial charge in [-0.2, -0.15) is 0 Å². The summed E-state index contributed by atoms with van der Waals surface area (Å²) in [6.45, 7) is 3.06. The van der Waals surface area contributed by atoms with E-state index in [0.29, 0.717) is 22.3 Å². The minimum absolute atomic E-state index is 0.192. The molecule has 26 heavy (non-hydrogen) atoms. The lowest BCUT2D eigenvalue weighted by molar-refractivity contribution is -0.255. The number of fused-ring (bicyclic) bond motifs is 1. The van der Waals surface area contributed by atoms with Crippen molar-refractivity contribution in [2.45, 2.75) is 18.7 Å². The van der Waals surface area contributed by atoms with Gasteiger partial charge in [-0.3, -0.25) is 9.52 Å². The number of carbonyl (C=O) groups excluding carboxylic acids is 2. The van der Waals surface area contributed by atoms with Crippen LogP contribution in [0.2, 0.25) is 0 Å². The number of anilines is 1. The fraction of sp³-hybridized carbons (Fsp3) is 0.111. The smallest absolute Gasteiger partial charge is 0.261 e. The molecule has 0 aliphatic rings. The Hall–Kier alpha value is -3.13. The topological polar surface area (TPSA) is 117 Å². The summed E-state index contributed by atoms with van der Waals surface area (Å²) in [5.74, 6) is -1.21. The van der Waals surface area contributed by atoms with Crippen molar-refractivity contribution in [3.63, 3.8) is 0 Å². The van der Waals surface area contributed by atoms with E-state index in [-0.39, 0.29) is 21.9 Å². The Balaban J connectivity index is 2.02. The molecule has 0 amide bonds. The van der Waals surface area contributed by atoms with Crippen molar-refractivity contribution in [1.82, 2.24) is 0 Å². The second kappa shape index (κ2) is 6.30. The number of hydrogen-bond acceptors (Lipinski definition) is 6. The maximum Gasteiger partial charge on any atom is 0.261 e. The predicted octanol–water partition coefficient (Wildman–Crippen LogP) is 2.11. The molecule has 8 heteroatoms. The highest BCUT2D eigenvalue weighted by Gasteiger charge is 2.18. The van der Waals surface area contributed by atoms with Crippen molar-refractivity contribution in [3.8, 4) is 0 Å². The lowest BCUT2D eigenvalue weighted by Gasteiger charge is -2.10. The van der Waals surface area contributed by atoms with Crippen LogP contribution in [-0.2, 0) is 10.0 Å². The van der Waals surface area contributed by atoms with Crippen LogP contribution in [0.1, 0.15) is 33.4 Å². The second-order valence-corrected chi connectivity index (χ2v) is 7.40. The number of furan rings is 1. The third kappa shape index (κ3) is 3.18. The van der Waals surface area contributed by atoms with E-state index in [4.69, 9.17) is 4.42 Å². The first-order valence-electron chi connectivity index (χ1n) is 7.57. The quantitative estimate of drug-likeness (QED) is 0.686. The summed E-state index contributed by atoms with van der Waals surface area (Å²) in [7, 11) is -4.02. The highest BCUT2D eigenvalue weighted by molar-refractivity contribution is 7.92. The molecule has 134 valence electrons. The van der Waals surface area contributed by atoms with Crippen LogP contribution in [0, 0.1) is 6.92 Å². The zero-order valence-corrected chi connectivity index (χ0v) is 14.7. The standard InChI is InChI=1S/C18H15NO6S/c1-10(20)17-11(2)25-16-7-6-13(9-15(16)17)19-26(23,24)14-5-3-4-12(8-14)18(21)22/h3-9,19H,1-2H3,(H,21,22)/p-1. The first-order chi connectivity index (χ1) is 12.2. The van der Waals surface area contributed by atoms with Crippen molar-refractivity contribution in [3.05, 3.63) is 59.4 Å². The zero-order chi connectivity index (χ0) is 19.1. The lowest BCUT2D eigenvalue weighted by atomic mass is 10.1. The molecule has 0 unspecified atom stereocenters. The number of ketones is 1. The van der Waals surface area contributed by atoms with Gasteiger partial charge >= 0.3 is 0 Å². The van der Waals surface area contributed by atoms with E-state index in [1.54, 1.807) is 13.0 Å². The van der Waals surface area contributed by atoms with Crippen molar-refractivity contribution in [2.75, 3.05) is 4.72 Å². The molecule has 0 aliphatic carbocycles. The van der Waals surface area contributed by atoms with Gasteiger partial charge in [0.1, 0.15) is 11.3 Å². The van der Waals surface area contributed by atoms with Gasteiger partial charge in [-0.15, -0.1) is 0 Å². The van der Waals surface area contributed by atoms with E-state index in [2.05, 4.69) is 4.72 Å². The Morgan fingerprint density at radius 2 is 1.85 bits per heavy atom. The van der Waals surface area contributed by atoms with Gasteiger partial charge in [0.2, 0.25) is 0 Å². The largest absolute Gasteiger partial charge is 0.545 e. The Labute approximate surface area is 149 Å². The average Bonchev–Trinajstić information content (AvgIpc) is 2.89. The molecular weight excluding hydrogens is 358 g/mol. The highest BCUT2D eigenvalue weighted by Crippen LogP contribution is 2.29. The number of carboxylic acid groups (broad SMARTS) is 1. The third-order valence-electron chi connectivity index (χ3n) is 3.85. The van der Waals surface area contributed by atoms with Gasteiger partial charge in [-0.1, -0.05) is 12.1 Å². The third-order valence-corrected chi connectivity index (χ3v) is 5.23.